The number of carbonyl (C=O) groups excluding carboxylic acids is 2. The predicted octanol–water partition coefficient (Wildman–Crippen LogP) is 4.59. The molecule has 174 valence electrons. The molecule has 3 rings (SSSR count). The molecule has 0 spiro atoms. The lowest BCUT2D eigenvalue weighted by Crippen LogP contribution is -2.26. The number of alkyl halides is 3. The quantitative estimate of drug-likeness (QED) is 0.392. The molecule has 1 N–H and O–H groups in total. The van der Waals surface area contributed by atoms with Crippen molar-refractivity contribution in [2.45, 2.75) is 32.7 Å². The Morgan fingerprint density at radius 3 is 2.52 bits per heavy atom. The summed E-state index contributed by atoms with van der Waals surface area (Å²) in [6, 6.07) is 12.0. The molecule has 0 saturated carbocycles. The number of benzene rings is 2. The summed E-state index contributed by atoms with van der Waals surface area (Å²) in [4.78, 5) is 24.3. The van der Waals surface area contributed by atoms with Gasteiger partial charge in [0.1, 0.15) is 18.0 Å². The van der Waals surface area contributed by atoms with Gasteiger partial charge in [-0.1, -0.05) is 30.3 Å². The monoisotopic (exact) mass is 463 g/mol. The van der Waals surface area contributed by atoms with Gasteiger partial charge in [0.25, 0.3) is 5.91 Å². The Bertz CT molecular complexity index is 1130. The van der Waals surface area contributed by atoms with Crippen molar-refractivity contribution in [1.29, 1.82) is 0 Å². The Balaban J connectivity index is 1.67. The predicted molar refractivity (Wildman–Crippen MR) is 111 cm³/mol. The number of amides is 1. The highest BCUT2D eigenvalue weighted by atomic mass is 19.4. The maximum atomic E-state index is 14.2. The zero-order valence-electron chi connectivity index (χ0n) is 17.7. The van der Waals surface area contributed by atoms with Crippen LogP contribution in [0.4, 0.5) is 17.6 Å². The Morgan fingerprint density at radius 2 is 1.85 bits per heavy atom. The highest BCUT2D eigenvalue weighted by molar-refractivity contribution is 5.95. The molecule has 10 heteroatoms. The fourth-order valence-electron chi connectivity index (χ4n) is 3.18. The Kier molecular flexibility index (Phi) is 7.47. The maximum absolute atomic E-state index is 14.2. The fraction of sp³-hybridized carbons (Fsp3) is 0.261. The van der Waals surface area contributed by atoms with E-state index in [2.05, 4.69) is 10.4 Å². The van der Waals surface area contributed by atoms with Gasteiger partial charge in [-0.15, -0.1) is 0 Å². The molecule has 2 aromatic carbocycles. The molecule has 0 fully saturated rings. The van der Waals surface area contributed by atoms with Crippen molar-refractivity contribution in [2.24, 2.45) is 0 Å². The van der Waals surface area contributed by atoms with Crippen molar-refractivity contribution in [3.63, 3.8) is 0 Å². The Labute approximate surface area is 187 Å². The van der Waals surface area contributed by atoms with E-state index in [9.17, 15) is 27.2 Å². The van der Waals surface area contributed by atoms with Crippen molar-refractivity contribution in [2.75, 3.05) is 6.54 Å². The zero-order valence-corrected chi connectivity index (χ0v) is 17.7. The molecular weight excluding hydrogens is 442 g/mol. The molecule has 1 aromatic heterocycles. The smallest absolute Gasteiger partial charge is 0.420 e. The van der Waals surface area contributed by atoms with Crippen LogP contribution in [0.1, 0.15) is 34.8 Å². The number of rotatable bonds is 8. The van der Waals surface area contributed by atoms with Gasteiger partial charge in [-0.05, 0) is 30.7 Å². The van der Waals surface area contributed by atoms with Crippen molar-refractivity contribution in [3.8, 4) is 11.3 Å². The number of ether oxygens (including phenoxy) is 1. The van der Waals surface area contributed by atoms with E-state index in [0.717, 1.165) is 28.4 Å². The van der Waals surface area contributed by atoms with Crippen molar-refractivity contribution in [3.05, 3.63) is 77.2 Å². The molecular formula is C23H21F4N3O3. The van der Waals surface area contributed by atoms with Crippen LogP contribution < -0.4 is 5.32 Å². The van der Waals surface area contributed by atoms with Crippen LogP contribution in [0.25, 0.3) is 11.3 Å². The third kappa shape index (κ3) is 6.18. The lowest BCUT2D eigenvalue weighted by molar-refractivity contribution is -0.144. The number of carbonyl (C=O) groups is 2. The number of nitrogens with one attached hydrogen (secondary N) is 1. The van der Waals surface area contributed by atoms with Crippen molar-refractivity contribution < 1.29 is 31.9 Å². The molecule has 0 aliphatic carbocycles. The van der Waals surface area contributed by atoms with E-state index in [1.54, 1.807) is 19.1 Å². The number of nitrogens with zero attached hydrogens (tertiary/aromatic N) is 2. The first kappa shape index (κ1) is 24.0. The van der Waals surface area contributed by atoms with Gasteiger partial charge in [-0.2, -0.15) is 18.3 Å². The molecule has 33 heavy (non-hydrogen) atoms. The third-order valence-corrected chi connectivity index (χ3v) is 4.74. The average molecular weight is 463 g/mol. The van der Waals surface area contributed by atoms with Crippen molar-refractivity contribution in [1.82, 2.24) is 15.1 Å². The summed E-state index contributed by atoms with van der Waals surface area (Å²) in [6.07, 6.45) is -4.15. The van der Waals surface area contributed by atoms with E-state index in [4.69, 9.17) is 4.74 Å². The highest BCUT2D eigenvalue weighted by Gasteiger charge is 2.36. The van der Waals surface area contributed by atoms with Crippen LogP contribution in [0.15, 0.2) is 54.7 Å². The standard InChI is InChI=1S/C23H21F4N3O3/c1-2-30-21(19(13-29-30)23(25,26)27)16-10-17(12-18(24)11-16)22(32)28-9-8-20(31)33-14-15-6-4-3-5-7-15/h3-7,10-13H,2,8-9,14H2,1H3,(H,28,32). The minimum atomic E-state index is -4.70. The number of hydrogen-bond donors (Lipinski definition) is 1. The summed E-state index contributed by atoms with van der Waals surface area (Å²) in [5.74, 6) is -2.15. The minimum absolute atomic E-state index is 0.0843. The normalized spacial score (nSPS) is 11.3. The molecule has 3 aromatic rings. The summed E-state index contributed by atoms with van der Waals surface area (Å²) in [7, 11) is 0. The van der Waals surface area contributed by atoms with Crippen LogP contribution in [-0.4, -0.2) is 28.2 Å². The van der Waals surface area contributed by atoms with Gasteiger partial charge < -0.3 is 10.1 Å². The molecule has 0 saturated heterocycles. The van der Waals surface area contributed by atoms with E-state index in [-0.39, 0.29) is 42.9 Å². The van der Waals surface area contributed by atoms with Gasteiger partial charge in [-0.25, -0.2) is 4.39 Å². The number of halogens is 4. The van der Waals surface area contributed by atoms with Gasteiger partial charge >= 0.3 is 12.1 Å². The van der Waals surface area contributed by atoms with E-state index in [0.29, 0.717) is 6.20 Å². The average Bonchev–Trinajstić information content (AvgIpc) is 3.23. The van der Waals surface area contributed by atoms with Crippen LogP contribution in [-0.2, 0) is 28.9 Å². The topological polar surface area (TPSA) is 73.2 Å². The van der Waals surface area contributed by atoms with Crippen LogP contribution in [0.2, 0.25) is 0 Å². The summed E-state index contributed by atoms with van der Waals surface area (Å²) < 4.78 is 60.5. The zero-order chi connectivity index (χ0) is 24.0. The van der Waals surface area contributed by atoms with E-state index in [1.807, 2.05) is 18.2 Å². The highest BCUT2D eigenvalue weighted by Crippen LogP contribution is 2.37. The first-order valence-corrected chi connectivity index (χ1v) is 10.1. The number of aryl methyl sites for hydroxylation is 1. The second-order valence-electron chi connectivity index (χ2n) is 7.10. The first-order chi connectivity index (χ1) is 15.7. The van der Waals surface area contributed by atoms with Crippen LogP contribution in [0.3, 0.4) is 0 Å². The fourth-order valence-corrected chi connectivity index (χ4v) is 3.18. The Hall–Kier alpha value is -3.69. The van der Waals surface area contributed by atoms with E-state index >= 15 is 0 Å². The minimum Gasteiger partial charge on any atom is -0.461 e. The molecule has 0 radical (unpaired) electrons. The second kappa shape index (κ2) is 10.3. The molecule has 0 aliphatic rings. The summed E-state index contributed by atoms with van der Waals surface area (Å²) in [5, 5.41) is 6.16. The number of esters is 1. The molecule has 0 unspecified atom stereocenters. The van der Waals surface area contributed by atoms with Crippen LogP contribution >= 0.6 is 0 Å². The number of hydrogen-bond acceptors (Lipinski definition) is 4. The third-order valence-electron chi connectivity index (χ3n) is 4.74. The van der Waals surface area contributed by atoms with Gasteiger partial charge in [-0.3, -0.25) is 14.3 Å². The van der Waals surface area contributed by atoms with Crippen LogP contribution in [0.5, 0.6) is 0 Å². The summed E-state index contributed by atoms with van der Waals surface area (Å²) in [5.41, 5.74) is -0.856. The second-order valence-corrected chi connectivity index (χ2v) is 7.10. The summed E-state index contributed by atoms with van der Waals surface area (Å²) >= 11 is 0. The van der Waals surface area contributed by atoms with Gasteiger partial charge in [0.15, 0.2) is 0 Å². The van der Waals surface area contributed by atoms with Gasteiger partial charge in [0, 0.05) is 24.2 Å². The van der Waals surface area contributed by atoms with E-state index < -0.39 is 29.4 Å². The molecule has 0 bridgehead atoms. The molecule has 1 heterocycles. The molecule has 6 nitrogen and oxygen atoms in total. The van der Waals surface area contributed by atoms with Gasteiger partial charge in [0.2, 0.25) is 0 Å². The Morgan fingerprint density at radius 1 is 1.12 bits per heavy atom. The largest absolute Gasteiger partial charge is 0.461 e. The lowest BCUT2D eigenvalue weighted by Gasteiger charge is -2.12. The SMILES string of the molecule is CCn1ncc(C(F)(F)F)c1-c1cc(F)cc(C(=O)NCCC(=O)OCc2ccccc2)c1. The lowest BCUT2D eigenvalue weighted by atomic mass is 10.0. The van der Waals surface area contributed by atoms with Crippen molar-refractivity contribution >= 4 is 11.9 Å². The molecule has 1 amide bonds. The molecule has 0 aliphatic heterocycles. The molecule has 0 atom stereocenters. The summed E-state index contributed by atoms with van der Waals surface area (Å²) in [6.45, 7) is 1.72. The van der Waals surface area contributed by atoms with Crippen LogP contribution in [0, 0.1) is 5.82 Å². The van der Waals surface area contributed by atoms with E-state index in [1.165, 1.54) is 0 Å². The van der Waals surface area contributed by atoms with Gasteiger partial charge in [0.05, 0.1) is 18.3 Å². The number of aromatic nitrogens is 2. The maximum Gasteiger partial charge on any atom is 0.420 e. The first-order valence-electron chi connectivity index (χ1n) is 10.1.